The number of alkyl halides is 3. The second-order valence-corrected chi connectivity index (χ2v) is 11.6. The van der Waals surface area contributed by atoms with Gasteiger partial charge in [0.15, 0.2) is 5.78 Å². The zero-order valence-electron chi connectivity index (χ0n) is 20.6. The summed E-state index contributed by atoms with van der Waals surface area (Å²) in [6, 6.07) is 15.4. The first-order valence-electron chi connectivity index (χ1n) is 11.6. The molecule has 2 aromatic carbocycles. The van der Waals surface area contributed by atoms with Gasteiger partial charge in [-0.3, -0.25) is 9.59 Å². The number of carbonyl (C=O) groups excluding carboxylic acids is 2. The molecule has 0 spiro atoms. The average Bonchev–Trinajstić information content (AvgIpc) is 3.44. The normalized spacial score (nSPS) is 20.9. The minimum absolute atomic E-state index is 0.00833. The van der Waals surface area contributed by atoms with Crippen molar-refractivity contribution in [2.24, 2.45) is 5.92 Å². The average molecular weight is 627 g/mol. The van der Waals surface area contributed by atoms with Gasteiger partial charge >= 0.3 is 6.18 Å². The molecule has 0 saturated carbocycles. The maximum atomic E-state index is 14.6. The molecule has 0 saturated heterocycles. The Labute approximate surface area is 245 Å². The summed E-state index contributed by atoms with van der Waals surface area (Å²) in [6.07, 6.45) is -5.36. The predicted molar refractivity (Wildman–Crippen MR) is 150 cm³/mol. The number of benzene rings is 2. The Morgan fingerprint density at radius 2 is 1.90 bits per heavy atom. The number of rotatable bonds is 7. The number of amides is 1. The van der Waals surface area contributed by atoms with E-state index >= 15 is 0 Å². The van der Waals surface area contributed by atoms with Gasteiger partial charge in [0.1, 0.15) is 0 Å². The number of nitrogens with one attached hydrogen (secondary N) is 2. The molecule has 2 heterocycles. The SMILES string of the molecule is Cc1ccc(NC(=O)CSC2=C(C#N)[C@H](c3ccccc3Cl)[C@@H](C(=O)c3cccs3)[C@@](O)(C(F)(F)F)N2)cc1Cl. The van der Waals surface area contributed by atoms with E-state index in [9.17, 15) is 33.1 Å². The summed E-state index contributed by atoms with van der Waals surface area (Å²) in [5.74, 6) is -5.82. The summed E-state index contributed by atoms with van der Waals surface area (Å²) in [4.78, 5) is 26.2. The molecule has 3 N–H and O–H groups in total. The van der Waals surface area contributed by atoms with E-state index in [1.807, 2.05) is 11.4 Å². The van der Waals surface area contributed by atoms with E-state index in [1.165, 1.54) is 41.8 Å². The lowest BCUT2D eigenvalue weighted by Crippen LogP contribution is -2.66. The van der Waals surface area contributed by atoms with Crippen LogP contribution in [0.5, 0.6) is 0 Å². The van der Waals surface area contributed by atoms with Gasteiger partial charge in [0.25, 0.3) is 0 Å². The van der Waals surface area contributed by atoms with E-state index in [2.05, 4.69) is 5.32 Å². The first kappa shape index (κ1) is 30.0. The van der Waals surface area contributed by atoms with Gasteiger partial charge in [0.2, 0.25) is 11.6 Å². The molecule has 3 aromatic rings. The van der Waals surface area contributed by atoms with E-state index < -0.39 is 46.2 Å². The van der Waals surface area contributed by atoms with Crippen LogP contribution in [0.4, 0.5) is 18.9 Å². The number of hydrogen-bond acceptors (Lipinski definition) is 7. The maximum Gasteiger partial charge on any atom is 0.437 e. The lowest BCUT2D eigenvalue weighted by Gasteiger charge is -2.45. The van der Waals surface area contributed by atoms with Gasteiger partial charge in [0.05, 0.1) is 33.2 Å². The summed E-state index contributed by atoms with van der Waals surface area (Å²) >= 11 is 14.0. The van der Waals surface area contributed by atoms with Crippen LogP contribution in [-0.2, 0) is 4.79 Å². The molecule has 0 bridgehead atoms. The second-order valence-electron chi connectivity index (χ2n) is 8.86. The van der Waals surface area contributed by atoms with Crippen molar-refractivity contribution in [2.45, 2.75) is 24.7 Å². The number of aliphatic hydroxyl groups is 1. The maximum absolute atomic E-state index is 14.6. The van der Waals surface area contributed by atoms with Crippen LogP contribution in [0.25, 0.3) is 0 Å². The summed E-state index contributed by atoms with van der Waals surface area (Å²) in [5.41, 5.74) is -2.85. The van der Waals surface area contributed by atoms with Crippen molar-refractivity contribution in [1.29, 1.82) is 5.26 Å². The standard InChI is InChI=1S/C27H20Cl2F3N3O3S2/c1-14-8-9-15(11-19(14)29)34-21(36)13-40-25-17(12-33)22(16-5-2-3-6-18(16)28)23(24(37)20-7-4-10-39-20)26(38,35-25)27(30,31)32/h2-11,22-23,35,38H,13H2,1H3,(H,34,36)/t22-,23-,26+/m0/s1. The predicted octanol–water partition coefficient (Wildman–Crippen LogP) is 6.91. The largest absolute Gasteiger partial charge is 0.437 e. The van der Waals surface area contributed by atoms with Crippen LogP contribution in [0, 0.1) is 24.2 Å². The summed E-state index contributed by atoms with van der Waals surface area (Å²) < 4.78 is 43.9. The first-order chi connectivity index (χ1) is 18.9. The highest BCUT2D eigenvalue weighted by Gasteiger charge is 2.66. The molecule has 4 rings (SSSR count). The second kappa shape index (κ2) is 11.8. The Balaban J connectivity index is 1.78. The molecule has 1 aliphatic heterocycles. The van der Waals surface area contributed by atoms with Crippen LogP contribution in [-0.4, -0.2) is 34.5 Å². The van der Waals surface area contributed by atoms with Gasteiger partial charge in [-0.05, 0) is 47.7 Å². The summed E-state index contributed by atoms with van der Waals surface area (Å²) in [6.45, 7) is 1.78. The Morgan fingerprint density at radius 3 is 2.50 bits per heavy atom. The number of aryl methyl sites for hydroxylation is 1. The van der Waals surface area contributed by atoms with Crippen LogP contribution in [0.3, 0.4) is 0 Å². The van der Waals surface area contributed by atoms with E-state index in [4.69, 9.17) is 23.2 Å². The highest BCUT2D eigenvalue weighted by Crippen LogP contribution is 2.52. The smallest absolute Gasteiger partial charge is 0.363 e. The molecule has 13 heteroatoms. The van der Waals surface area contributed by atoms with Crippen molar-refractivity contribution in [2.75, 3.05) is 11.1 Å². The Kier molecular flexibility index (Phi) is 8.87. The Hall–Kier alpha value is -3.01. The molecule has 6 nitrogen and oxygen atoms in total. The highest BCUT2D eigenvalue weighted by molar-refractivity contribution is 8.03. The number of hydrogen-bond donors (Lipinski definition) is 3. The fourth-order valence-electron chi connectivity index (χ4n) is 4.33. The zero-order chi connectivity index (χ0) is 29.2. The van der Waals surface area contributed by atoms with Crippen LogP contribution < -0.4 is 10.6 Å². The van der Waals surface area contributed by atoms with E-state index in [0.29, 0.717) is 22.5 Å². The number of Topliss-reactive ketones (excluding diaryl/α,β-unsaturated/α-hetero) is 1. The number of nitrogens with zero attached hydrogens (tertiary/aromatic N) is 1. The molecular weight excluding hydrogens is 606 g/mol. The summed E-state index contributed by atoms with van der Waals surface area (Å²) in [5, 5.41) is 27.5. The molecule has 0 fully saturated rings. The van der Waals surface area contributed by atoms with E-state index in [-0.39, 0.29) is 21.0 Å². The third kappa shape index (κ3) is 5.87. The topological polar surface area (TPSA) is 102 Å². The third-order valence-electron chi connectivity index (χ3n) is 6.29. The van der Waals surface area contributed by atoms with Crippen molar-refractivity contribution < 1.29 is 27.9 Å². The fraction of sp³-hybridized carbons (Fsp3) is 0.222. The lowest BCUT2D eigenvalue weighted by molar-refractivity contribution is -0.285. The zero-order valence-corrected chi connectivity index (χ0v) is 23.7. The number of anilines is 1. The van der Waals surface area contributed by atoms with Crippen molar-refractivity contribution in [3.05, 3.63) is 96.6 Å². The molecule has 1 amide bonds. The van der Waals surface area contributed by atoms with Gasteiger partial charge < -0.3 is 15.7 Å². The Bertz CT molecular complexity index is 1520. The van der Waals surface area contributed by atoms with Crippen LogP contribution in [0.2, 0.25) is 10.0 Å². The fourth-order valence-corrected chi connectivity index (χ4v) is 6.37. The minimum Gasteiger partial charge on any atom is -0.363 e. The molecule has 1 aromatic heterocycles. The first-order valence-corrected chi connectivity index (χ1v) is 14.2. The van der Waals surface area contributed by atoms with Crippen LogP contribution in [0.1, 0.15) is 26.7 Å². The van der Waals surface area contributed by atoms with Crippen molar-refractivity contribution >= 4 is 63.7 Å². The van der Waals surface area contributed by atoms with Crippen LogP contribution in [0.15, 0.2) is 70.6 Å². The number of carbonyl (C=O) groups is 2. The molecule has 40 heavy (non-hydrogen) atoms. The molecule has 0 aliphatic carbocycles. The van der Waals surface area contributed by atoms with Gasteiger partial charge in [-0.15, -0.1) is 11.3 Å². The van der Waals surface area contributed by atoms with Crippen molar-refractivity contribution in [1.82, 2.24) is 5.32 Å². The number of halogens is 5. The van der Waals surface area contributed by atoms with E-state index in [1.54, 1.807) is 25.1 Å². The minimum atomic E-state index is -5.36. The van der Waals surface area contributed by atoms with E-state index in [0.717, 1.165) is 16.9 Å². The quantitative estimate of drug-likeness (QED) is 0.247. The summed E-state index contributed by atoms with van der Waals surface area (Å²) in [7, 11) is 0. The monoisotopic (exact) mass is 625 g/mol. The van der Waals surface area contributed by atoms with Crippen LogP contribution >= 0.6 is 46.3 Å². The Morgan fingerprint density at radius 1 is 1.18 bits per heavy atom. The number of thioether (sulfide) groups is 1. The lowest BCUT2D eigenvalue weighted by atomic mass is 9.70. The van der Waals surface area contributed by atoms with Crippen molar-refractivity contribution in [3.8, 4) is 6.07 Å². The van der Waals surface area contributed by atoms with Gasteiger partial charge in [-0.2, -0.15) is 18.4 Å². The van der Waals surface area contributed by atoms with Gasteiger partial charge in [0, 0.05) is 21.7 Å². The van der Waals surface area contributed by atoms with Gasteiger partial charge in [-0.25, -0.2) is 0 Å². The van der Waals surface area contributed by atoms with Crippen molar-refractivity contribution in [3.63, 3.8) is 0 Å². The molecular formula is C27H20Cl2F3N3O3S2. The number of ketones is 1. The molecule has 208 valence electrons. The number of thiophene rings is 1. The molecule has 3 atom stereocenters. The van der Waals surface area contributed by atoms with Gasteiger partial charge in [-0.1, -0.05) is 65.3 Å². The number of nitriles is 1. The third-order valence-corrected chi connectivity index (χ3v) is 8.94. The number of allylic oxidation sites excluding steroid dienone is 1. The highest BCUT2D eigenvalue weighted by atomic mass is 35.5. The molecule has 1 aliphatic rings. The molecule has 0 unspecified atom stereocenters. The molecule has 0 radical (unpaired) electrons.